The van der Waals surface area contributed by atoms with E-state index in [4.69, 9.17) is 4.74 Å². The Morgan fingerprint density at radius 3 is 2.70 bits per heavy atom. The number of urea groups is 1. The van der Waals surface area contributed by atoms with Gasteiger partial charge in [0.25, 0.3) is 0 Å². The first-order valence-electron chi connectivity index (χ1n) is 10.2. The summed E-state index contributed by atoms with van der Waals surface area (Å²) in [6.07, 6.45) is 6.07. The van der Waals surface area contributed by atoms with Gasteiger partial charge in [-0.2, -0.15) is 0 Å². The molecule has 0 aromatic heterocycles. The Kier molecular flexibility index (Phi) is 7.47. The minimum Gasteiger partial charge on any atom is -0.385 e. The molecule has 0 unspecified atom stereocenters. The Bertz CT molecular complexity index is 605. The van der Waals surface area contributed by atoms with Crippen LogP contribution < -0.4 is 5.32 Å². The molecule has 2 heterocycles. The van der Waals surface area contributed by atoms with E-state index in [0.717, 1.165) is 57.3 Å². The van der Waals surface area contributed by atoms with E-state index in [1.54, 1.807) is 13.2 Å². The third-order valence-electron chi connectivity index (χ3n) is 5.81. The summed E-state index contributed by atoms with van der Waals surface area (Å²) in [5.74, 6) is -0.139. The number of benzene rings is 1. The number of amides is 2. The number of ether oxygens (including phenoxy) is 1. The topological polar surface area (TPSA) is 44.8 Å². The summed E-state index contributed by atoms with van der Waals surface area (Å²) in [6, 6.07) is 7.54. The third kappa shape index (κ3) is 5.66. The van der Waals surface area contributed by atoms with E-state index < -0.39 is 0 Å². The van der Waals surface area contributed by atoms with Crippen LogP contribution in [0.3, 0.4) is 0 Å². The quantitative estimate of drug-likeness (QED) is 0.827. The van der Waals surface area contributed by atoms with Crippen LogP contribution in [0.2, 0.25) is 0 Å². The molecule has 2 aliphatic heterocycles. The minimum atomic E-state index is -0.139. The van der Waals surface area contributed by atoms with Crippen LogP contribution in [-0.4, -0.2) is 61.3 Å². The number of carbonyl (C=O) groups is 1. The summed E-state index contributed by atoms with van der Waals surface area (Å²) in [5.41, 5.74) is 0.745. The summed E-state index contributed by atoms with van der Waals surface area (Å²) >= 11 is 0. The molecule has 1 aromatic carbocycles. The summed E-state index contributed by atoms with van der Waals surface area (Å²) in [4.78, 5) is 17.0. The molecule has 3 rings (SSSR count). The smallest absolute Gasteiger partial charge is 0.317 e. The number of rotatable bonds is 6. The standard InChI is InChI=1S/C21H32FN3O2/c1-27-15-11-19-7-4-5-12-25(19)21(26)23-18-9-13-24(14-10-18)16-17-6-2-3-8-20(17)22/h2-3,6,8,18-19H,4-5,7,9-16H2,1H3,(H,23,26)/t19-/m0/s1. The molecule has 1 atom stereocenters. The van der Waals surface area contributed by atoms with Gasteiger partial charge < -0.3 is 15.0 Å². The molecule has 2 saturated heterocycles. The highest BCUT2D eigenvalue weighted by Gasteiger charge is 2.29. The van der Waals surface area contributed by atoms with Crippen LogP contribution in [0.25, 0.3) is 0 Å². The maximum atomic E-state index is 13.8. The molecule has 0 spiro atoms. The van der Waals surface area contributed by atoms with Gasteiger partial charge in [-0.25, -0.2) is 9.18 Å². The van der Waals surface area contributed by atoms with Crippen LogP contribution in [0.1, 0.15) is 44.1 Å². The van der Waals surface area contributed by atoms with Crippen molar-refractivity contribution in [3.05, 3.63) is 35.6 Å². The lowest BCUT2D eigenvalue weighted by Gasteiger charge is -2.38. The normalized spacial score (nSPS) is 22.0. The SMILES string of the molecule is COCC[C@@H]1CCCCN1C(=O)NC1CCN(Cc2ccccc2F)CC1. The highest BCUT2D eigenvalue weighted by molar-refractivity contribution is 5.75. The molecule has 0 bridgehead atoms. The van der Waals surface area contributed by atoms with E-state index in [-0.39, 0.29) is 17.9 Å². The summed E-state index contributed by atoms with van der Waals surface area (Å²) < 4.78 is 19.0. The zero-order valence-electron chi connectivity index (χ0n) is 16.3. The molecule has 2 amide bonds. The molecule has 150 valence electrons. The number of nitrogens with zero attached hydrogens (tertiary/aromatic N) is 2. The lowest BCUT2D eigenvalue weighted by Crippen LogP contribution is -2.53. The highest BCUT2D eigenvalue weighted by Crippen LogP contribution is 2.21. The van der Waals surface area contributed by atoms with Crippen LogP contribution in [0.4, 0.5) is 9.18 Å². The van der Waals surface area contributed by atoms with Gasteiger partial charge in [-0.15, -0.1) is 0 Å². The van der Waals surface area contributed by atoms with Gasteiger partial charge in [0.05, 0.1) is 0 Å². The fraction of sp³-hybridized carbons (Fsp3) is 0.667. The number of hydrogen-bond donors (Lipinski definition) is 1. The summed E-state index contributed by atoms with van der Waals surface area (Å²) in [5, 5.41) is 3.24. The van der Waals surface area contributed by atoms with E-state index in [0.29, 0.717) is 19.2 Å². The molecule has 27 heavy (non-hydrogen) atoms. The number of piperidine rings is 2. The van der Waals surface area contributed by atoms with Crippen molar-refractivity contribution in [2.75, 3.05) is 33.4 Å². The Morgan fingerprint density at radius 2 is 1.96 bits per heavy atom. The number of likely N-dealkylation sites (tertiary alicyclic amines) is 2. The van der Waals surface area contributed by atoms with Gasteiger partial charge in [0, 0.05) is 57.5 Å². The van der Waals surface area contributed by atoms with Crippen molar-refractivity contribution >= 4 is 6.03 Å². The first kappa shape index (κ1) is 20.1. The second-order valence-corrected chi connectivity index (χ2v) is 7.72. The maximum absolute atomic E-state index is 13.8. The van der Waals surface area contributed by atoms with Crippen molar-refractivity contribution in [1.29, 1.82) is 0 Å². The number of hydrogen-bond acceptors (Lipinski definition) is 3. The maximum Gasteiger partial charge on any atom is 0.317 e. The van der Waals surface area contributed by atoms with E-state index in [1.165, 1.54) is 12.5 Å². The molecule has 5 nitrogen and oxygen atoms in total. The van der Waals surface area contributed by atoms with Gasteiger partial charge in [-0.1, -0.05) is 18.2 Å². The van der Waals surface area contributed by atoms with Crippen molar-refractivity contribution in [3.63, 3.8) is 0 Å². The molecule has 0 saturated carbocycles. The summed E-state index contributed by atoms with van der Waals surface area (Å²) in [6.45, 7) is 3.94. The zero-order chi connectivity index (χ0) is 19.1. The highest BCUT2D eigenvalue weighted by atomic mass is 19.1. The van der Waals surface area contributed by atoms with E-state index in [2.05, 4.69) is 10.2 Å². The predicted octanol–water partition coefficient (Wildman–Crippen LogP) is 3.39. The van der Waals surface area contributed by atoms with Crippen LogP contribution in [0.15, 0.2) is 24.3 Å². The molecular weight excluding hydrogens is 345 g/mol. The largest absolute Gasteiger partial charge is 0.385 e. The molecule has 0 radical (unpaired) electrons. The number of halogens is 1. The fourth-order valence-electron chi connectivity index (χ4n) is 4.18. The Hall–Kier alpha value is -1.66. The van der Waals surface area contributed by atoms with Crippen molar-refractivity contribution in [1.82, 2.24) is 15.1 Å². The number of methoxy groups -OCH3 is 1. The van der Waals surface area contributed by atoms with Crippen molar-refractivity contribution in [2.24, 2.45) is 0 Å². The Labute approximate surface area is 161 Å². The van der Waals surface area contributed by atoms with Gasteiger partial charge in [-0.05, 0) is 44.6 Å². The predicted molar refractivity (Wildman–Crippen MR) is 104 cm³/mol. The van der Waals surface area contributed by atoms with Crippen molar-refractivity contribution in [2.45, 2.75) is 57.2 Å². The first-order valence-corrected chi connectivity index (χ1v) is 10.2. The van der Waals surface area contributed by atoms with E-state index in [9.17, 15) is 9.18 Å². The molecule has 1 aromatic rings. The molecule has 0 aliphatic carbocycles. The second-order valence-electron chi connectivity index (χ2n) is 7.72. The van der Waals surface area contributed by atoms with E-state index in [1.807, 2.05) is 17.0 Å². The Morgan fingerprint density at radius 1 is 1.19 bits per heavy atom. The van der Waals surface area contributed by atoms with Gasteiger partial charge in [0.15, 0.2) is 0 Å². The molecule has 2 fully saturated rings. The van der Waals surface area contributed by atoms with Gasteiger partial charge in [0.2, 0.25) is 0 Å². The van der Waals surface area contributed by atoms with Gasteiger partial charge >= 0.3 is 6.03 Å². The number of nitrogens with one attached hydrogen (secondary N) is 1. The zero-order valence-corrected chi connectivity index (χ0v) is 16.3. The second kappa shape index (κ2) is 10.0. The lowest BCUT2D eigenvalue weighted by molar-refractivity contribution is 0.111. The molecule has 1 N–H and O–H groups in total. The fourth-order valence-corrected chi connectivity index (χ4v) is 4.18. The van der Waals surface area contributed by atoms with Crippen LogP contribution >= 0.6 is 0 Å². The average molecular weight is 378 g/mol. The summed E-state index contributed by atoms with van der Waals surface area (Å²) in [7, 11) is 1.71. The minimum absolute atomic E-state index is 0.0726. The molecule has 2 aliphatic rings. The van der Waals surface area contributed by atoms with Crippen molar-refractivity contribution < 1.29 is 13.9 Å². The van der Waals surface area contributed by atoms with Crippen LogP contribution in [-0.2, 0) is 11.3 Å². The van der Waals surface area contributed by atoms with Gasteiger partial charge in [0.1, 0.15) is 5.82 Å². The van der Waals surface area contributed by atoms with Crippen LogP contribution in [0, 0.1) is 5.82 Å². The monoisotopic (exact) mass is 377 g/mol. The van der Waals surface area contributed by atoms with E-state index >= 15 is 0 Å². The Balaban J connectivity index is 1.45. The first-order chi connectivity index (χ1) is 13.2. The number of carbonyl (C=O) groups excluding carboxylic acids is 1. The van der Waals surface area contributed by atoms with Crippen LogP contribution in [0.5, 0.6) is 0 Å². The molecular formula is C21H32FN3O2. The van der Waals surface area contributed by atoms with Gasteiger partial charge in [-0.3, -0.25) is 4.90 Å². The third-order valence-corrected chi connectivity index (χ3v) is 5.81. The lowest BCUT2D eigenvalue weighted by atomic mass is 9.99. The molecule has 6 heteroatoms. The average Bonchev–Trinajstić information content (AvgIpc) is 2.70. The van der Waals surface area contributed by atoms with Crippen molar-refractivity contribution in [3.8, 4) is 0 Å².